The van der Waals surface area contributed by atoms with E-state index in [0.717, 1.165) is 16.6 Å². The van der Waals surface area contributed by atoms with Crippen LogP contribution in [0.4, 0.5) is 13.2 Å². The molecule has 1 aliphatic heterocycles. The fourth-order valence-electron chi connectivity index (χ4n) is 4.58. The van der Waals surface area contributed by atoms with E-state index in [1.807, 2.05) is 36.4 Å². The second-order valence-corrected chi connectivity index (χ2v) is 9.45. The third-order valence-electron chi connectivity index (χ3n) is 6.24. The molecule has 4 nitrogen and oxygen atoms in total. The van der Waals surface area contributed by atoms with Crippen LogP contribution in [0.25, 0.3) is 22.0 Å². The van der Waals surface area contributed by atoms with Gasteiger partial charge in [0.2, 0.25) is 0 Å². The maximum Gasteiger partial charge on any atom is 0.393 e. The van der Waals surface area contributed by atoms with Gasteiger partial charge in [0.15, 0.2) is 0 Å². The zero-order valence-corrected chi connectivity index (χ0v) is 20.3. The van der Waals surface area contributed by atoms with E-state index >= 15 is 0 Å². The number of alkyl halides is 3. The largest absolute Gasteiger partial charge is 0.487 e. The summed E-state index contributed by atoms with van der Waals surface area (Å²) in [5.74, 6) is 0.136. The second kappa shape index (κ2) is 9.39. The average Bonchev–Trinajstić information content (AvgIpc) is 3.10. The monoisotopic (exact) mass is 503 g/mol. The van der Waals surface area contributed by atoms with Crippen molar-refractivity contribution >= 4 is 28.0 Å². The minimum atomic E-state index is -4.29. The van der Waals surface area contributed by atoms with Crippen LogP contribution in [0.15, 0.2) is 84.9 Å². The summed E-state index contributed by atoms with van der Waals surface area (Å²) >= 11 is 0. The number of para-hydroxylation sites is 1. The van der Waals surface area contributed by atoms with Crippen molar-refractivity contribution in [2.24, 2.45) is 0 Å². The summed E-state index contributed by atoms with van der Waals surface area (Å²) < 4.78 is 49.8. The van der Waals surface area contributed by atoms with Crippen LogP contribution in [0.1, 0.15) is 36.2 Å². The molecule has 4 aromatic rings. The van der Waals surface area contributed by atoms with Gasteiger partial charge in [-0.2, -0.15) is 13.2 Å². The van der Waals surface area contributed by atoms with E-state index in [2.05, 4.69) is 4.98 Å². The van der Waals surface area contributed by atoms with E-state index in [-0.39, 0.29) is 12.2 Å². The predicted molar refractivity (Wildman–Crippen MR) is 136 cm³/mol. The number of aromatic nitrogens is 1. The molecule has 0 saturated carbocycles. The van der Waals surface area contributed by atoms with E-state index in [0.29, 0.717) is 28.0 Å². The maximum atomic E-state index is 12.9. The van der Waals surface area contributed by atoms with Crippen molar-refractivity contribution in [2.75, 3.05) is 0 Å². The molecule has 0 N–H and O–H groups in total. The first-order valence-electron chi connectivity index (χ1n) is 11.8. The first-order chi connectivity index (χ1) is 17.6. The van der Waals surface area contributed by atoms with Crippen LogP contribution in [0.5, 0.6) is 5.75 Å². The molecule has 0 atom stereocenters. The first kappa shape index (κ1) is 24.6. The third-order valence-corrected chi connectivity index (χ3v) is 6.24. The molecule has 0 saturated heterocycles. The molecule has 7 heteroatoms. The van der Waals surface area contributed by atoms with Gasteiger partial charge in [0.05, 0.1) is 23.2 Å². The lowest BCUT2D eigenvalue weighted by atomic mass is 9.86. The number of benzene rings is 3. The Morgan fingerprint density at radius 2 is 1.54 bits per heavy atom. The van der Waals surface area contributed by atoms with Gasteiger partial charge in [-0.1, -0.05) is 60.7 Å². The minimum absolute atomic E-state index is 0.156. The van der Waals surface area contributed by atoms with Crippen LogP contribution in [0.2, 0.25) is 0 Å². The van der Waals surface area contributed by atoms with Crippen molar-refractivity contribution < 1.29 is 27.4 Å². The number of carbonyl (C=O) groups excluding carboxylic acids is 1. The van der Waals surface area contributed by atoms with E-state index in [1.54, 1.807) is 50.2 Å². The number of hydrogen-bond acceptors (Lipinski definition) is 4. The molecule has 0 unspecified atom stereocenters. The molecule has 0 radical (unpaired) electrons. The summed E-state index contributed by atoms with van der Waals surface area (Å²) in [4.78, 5) is 17.5. The summed E-state index contributed by atoms with van der Waals surface area (Å²) in [6.45, 7) is 3.83. The van der Waals surface area contributed by atoms with E-state index in [1.165, 1.54) is 12.1 Å². The molecule has 5 rings (SSSR count). The highest BCUT2D eigenvalue weighted by Gasteiger charge is 2.41. The van der Waals surface area contributed by atoms with Gasteiger partial charge in [0.1, 0.15) is 18.0 Å². The summed E-state index contributed by atoms with van der Waals surface area (Å²) in [5.41, 5.74) is 3.20. The SMILES string of the molecule is CC1(C)OC(=O)C(c2ccc(OCc3ccc4ccccc4n3)cc2)=C1c1ccc(CC(F)(F)F)cc1. The highest BCUT2D eigenvalue weighted by molar-refractivity contribution is 6.28. The third kappa shape index (κ3) is 5.35. The van der Waals surface area contributed by atoms with Gasteiger partial charge in [0.25, 0.3) is 0 Å². The van der Waals surface area contributed by atoms with Crippen LogP contribution in [0.3, 0.4) is 0 Å². The lowest BCUT2D eigenvalue weighted by Gasteiger charge is -2.22. The van der Waals surface area contributed by atoms with Crippen LogP contribution in [-0.4, -0.2) is 22.7 Å². The molecule has 2 heterocycles. The van der Waals surface area contributed by atoms with Crippen molar-refractivity contribution in [2.45, 2.75) is 38.7 Å². The smallest absolute Gasteiger partial charge is 0.393 e. The van der Waals surface area contributed by atoms with Gasteiger partial charge >= 0.3 is 12.1 Å². The van der Waals surface area contributed by atoms with Crippen LogP contribution < -0.4 is 4.74 Å². The molecule has 37 heavy (non-hydrogen) atoms. The summed E-state index contributed by atoms with van der Waals surface area (Å²) in [6.07, 6.45) is -5.29. The minimum Gasteiger partial charge on any atom is -0.487 e. The van der Waals surface area contributed by atoms with Gasteiger partial charge in [-0.05, 0) is 54.8 Å². The molecule has 0 amide bonds. The Balaban J connectivity index is 1.39. The Hall–Kier alpha value is -4.13. The van der Waals surface area contributed by atoms with Gasteiger partial charge in [-0.15, -0.1) is 0 Å². The number of pyridine rings is 1. The molecule has 0 fully saturated rings. The molecule has 188 valence electrons. The first-order valence-corrected chi connectivity index (χ1v) is 11.8. The second-order valence-electron chi connectivity index (χ2n) is 9.45. The molecule has 1 aliphatic rings. The van der Waals surface area contributed by atoms with Crippen molar-refractivity contribution in [3.8, 4) is 5.75 Å². The molecular weight excluding hydrogens is 479 g/mol. The average molecular weight is 504 g/mol. The Morgan fingerprint density at radius 1 is 0.865 bits per heavy atom. The number of nitrogens with zero attached hydrogens (tertiary/aromatic N) is 1. The van der Waals surface area contributed by atoms with Crippen molar-refractivity contribution in [3.63, 3.8) is 0 Å². The van der Waals surface area contributed by atoms with Gasteiger partial charge in [0, 0.05) is 11.0 Å². The number of ether oxygens (including phenoxy) is 2. The zero-order valence-electron chi connectivity index (χ0n) is 20.3. The number of carbonyl (C=O) groups is 1. The van der Waals surface area contributed by atoms with E-state index in [4.69, 9.17) is 9.47 Å². The summed E-state index contributed by atoms with van der Waals surface area (Å²) in [7, 11) is 0. The molecule has 0 aliphatic carbocycles. The number of rotatable bonds is 6. The fraction of sp³-hybridized carbons (Fsp3) is 0.200. The Bertz CT molecular complexity index is 1490. The van der Waals surface area contributed by atoms with Crippen molar-refractivity contribution in [1.29, 1.82) is 0 Å². The number of fused-ring (bicyclic) bond motifs is 1. The summed E-state index contributed by atoms with van der Waals surface area (Å²) in [5, 5.41) is 1.06. The Labute approximate surface area is 212 Å². The Morgan fingerprint density at radius 3 is 2.24 bits per heavy atom. The van der Waals surface area contributed by atoms with Crippen LogP contribution >= 0.6 is 0 Å². The highest BCUT2D eigenvalue weighted by Crippen LogP contribution is 2.44. The number of esters is 1. The predicted octanol–water partition coefficient (Wildman–Crippen LogP) is 7.16. The molecule has 0 bridgehead atoms. The fourth-order valence-corrected chi connectivity index (χ4v) is 4.58. The van der Waals surface area contributed by atoms with E-state index in [9.17, 15) is 18.0 Å². The van der Waals surface area contributed by atoms with Crippen LogP contribution in [0, 0.1) is 0 Å². The quantitative estimate of drug-likeness (QED) is 0.262. The molecule has 0 spiro atoms. The highest BCUT2D eigenvalue weighted by atomic mass is 19.4. The standard InChI is InChI=1S/C30H24F3NO3/c1-29(2)27(22-9-7-19(8-10-22)17-30(31,32)33)26(28(35)37-29)21-12-15-24(16-13-21)36-18-23-14-11-20-5-3-4-6-25(20)34-23/h3-16H,17-18H2,1-2H3. The number of cyclic esters (lactones) is 1. The lowest BCUT2D eigenvalue weighted by molar-refractivity contribution is -0.142. The summed E-state index contributed by atoms with van der Waals surface area (Å²) in [6, 6.07) is 24.9. The Kier molecular flexibility index (Phi) is 6.23. The van der Waals surface area contributed by atoms with Gasteiger partial charge in [-0.25, -0.2) is 9.78 Å². The lowest BCUT2D eigenvalue weighted by Crippen LogP contribution is -2.22. The van der Waals surface area contributed by atoms with E-state index < -0.39 is 24.2 Å². The van der Waals surface area contributed by atoms with Gasteiger partial charge < -0.3 is 9.47 Å². The number of hydrogen-bond donors (Lipinski definition) is 0. The topological polar surface area (TPSA) is 48.4 Å². The molecule has 3 aromatic carbocycles. The van der Waals surface area contributed by atoms with Gasteiger partial charge in [-0.3, -0.25) is 0 Å². The normalized spacial score (nSPS) is 15.2. The molecule has 1 aromatic heterocycles. The molecular formula is C30H24F3NO3. The number of halogens is 3. The van der Waals surface area contributed by atoms with Crippen LogP contribution in [-0.2, 0) is 22.6 Å². The van der Waals surface area contributed by atoms with Crippen molar-refractivity contribution in [1.82, 2.24) is 4.98 Å². The zero-order chi connectivity index (χ0) is 26.2. The van der Waals surface area contributed by atoms with Crippen molar-refractivity contribution in [3.05, 3.63) is 107 Å². The maximum absolute atomic E-state index is 12.9.